The molecule has 0 bridgehead atoms. The first-order chi connectivity index (χ1) is 25.2. The lowest BCUT2D eigenvalue weighted by Crippen LogP contribution is -2.65. The average molecular weight is 757 g/mol. The number of aliphatic hydroxyl groups excluding tert-OH is 8. The molecule has 8 N–H and O–H groups in total. The monoisotopic (exact) mass is 756 g/mol. The molecule has 4 saturated heterocycles. The van der Waals surface area contributed by atoms with Crippen molar-refractivity contribution in [3.8, 4) is 0 Å². The van der Waals surface area contributed by atoms with Crippen molar-refractivity contribution in [3.05, 3.63) is 0 Å². The Bertz CT molecular complexity index is 1300. The molecule has 4 heterocycles. The maximum Gasteiger partial charge on any atom is 0.187 e. The smallest absolute Gasteiger partial charge is 0.187 e. The zero-order valence-corrected chi connectivity index (χ0v) is 31.6. The number of hydrogen-bond donors (Lipinski definition) is 8. The van der Waals surface area contributed by atoms with Gasteiger partial charge in [-0.15, -0.1) is 0 Å². The van der Waals surface area contributed by atoms with Gasteiger partial charge >= 0.3 is 0 Å². The molecule has 304 valence electrons. The normalized spacial score (nSPS) is 59.5. The van der Waals surface area contributed by atoms with Crippen molar-refractivity contribution in [2.75, 3.05) is 19.8 Å². The molecule has 8 fully saturated rings. The standard InChI is InChI=1S/C39H64O14/c1-17-5-10-39(48-16-17)18(2)28-25(53-39)13-22-20-12-24(42)23-11-19(6-8-37(23,3)21(20)7-9-38(22,28)4)49-36-34(32(46)30(44)27(15-41)51-36)52-35-33(47)31(45)29(43)26(14-40)50-35/h17-36,40-47H,5-16H2,1-4H3/t17?,18-,19-,20+,21-,22-,23?,24-,25-,26+,27+,28-,29+,30+,31-,32-,33-,34+,35+,36+,37+,38-,39+/m0/s1. The highest BCUT2D eigenvalue weighted by Gasteiger charge is 2.70. The molecule has 0 aromatic heterocycles. The summed E-state index contributed by atoms with van der Waals surface area (Å²) in [7, 11) is 0. The number of aliphatic hydroxyl groups is 8. The zero-order chi connectivity index (χ0) is 37.8. The second-order valence-corrected chi connectivity index (χ2v) is 18.8. The Balaban J connectivity index is 0.961. The van der Waals surface area contributed by atoms with Crippen LogP contribution in [0.3, 0.4) is 0 Å². The van der Waals surface area contributed by atoms with Gasteiger partial charge in [0.05, 0.1) is 38.1 Å². The molecule has 53 heavy (non-hydrogen) atoms. The Morgan fingerprint density at radius 3 is 2.02 bits per heavy atom. The van der Waals surface area contributed by atoms with Crippen LogP contribution in [-0.2, 0) is 28.4 Å². The number of fused-ring (bicyclic) bond motifs is 7. The third kappa shape index (κ3) is 6.20. The highest BCUT2D eigenvalue weighted by atomic mass is 16.8. The summed E-state index contributed by atoms with van der Waals surface area (Å²) >= 11 is 0. The van der Waals surface area contributed by atoms with E-state index in [0.717, 1.165) is 51.6 Å². The fourth-order valence-electron chi connectivity index (χ4n) is 13.2. The first-order valence-electron chi connectivity index (χ1n) is 20.4. The molecule has 2 unspecified atom stereocenters. The van der Waals surface area contributed by atoms with Crippen LogP contribution in [0.25, 0.3) is 0 Å². The molecule has 0 radical (unpaired) electrons. The lowest BCUT2D eigenvalue weighted by molar-refractivity contribution is -0.373. The van der Waals surface area contributed by atoms with Crippen molar-refractivity contribution < 1.29 is 69.3 Å². The molecule has 0 aromatic carbocycles. The minimum absolute atomic E-state index is 0.0404. The molecular formula is C39H64O14. The van der Waals surface area contributed by atoms with Crippen LogP contribution in [0.5, 0.6) is 0 Å². The quantitative estimate of drug-likeness (QED) is 0.173. The first kappa shape index (κ1) is 39.3. The maximum absolute atomic E-state index is 12.0. The molecule has 4 saturated carbocycles. The van der Waals surface area contributed by atoms with Gasteiger partial charge in [0, 0.05) is 12.3 Å². The lowest BCUT2D eigenvalue weighted by atomic mass is 9.43. The van der Waals surface area contributed by atoms with E-state index in [1.54, 1.807) is 0 Å². The first-order valence-corrected chi connectivity index (χ1v) is 20.4. The highest BCUT2D eigenvalue weighted by Crippen LogP contribution is 2.71. The summed E-state index contributed by atoms with van der Waals surface area (Å²) in [6.45, 7) is 8.93. The number of rotatable bonds is 6. The third-order valence-corrected chi connectivity index (χ3v) is 16.2. The minimum atomic E-state index is -1.74. The fourth-order valence-corrected chi connectivity index (χ4v) is 13.2. The van der Waals surface area contributed by atoms with E-state index in [0.29, 0.717) is 48.3 Å². The summed E-state index contributed by atoms with van der Waals surface area (Å²) in [5, 5.41) is 84.7. The Morgan fingerprint density at radius 1 is 0.660 bits per heavy atom. The van der Waals surface area contributed by atoms with Gasteiger partial charge in [-0.1, -0.05) is 27.7 Å². The predicted octanol–water partition coefficient (Wildman–Crippen LogP) is 0.413. The topological polar surface area (TPSA) is 217 Å². The molecule has 23 atom stereocenters. The molecule has 0 aromatic rings. The van der Waals surface area contributed by atoms with Crippen molar-refractivity contribution in [3.63, 3.8) is 0 Å². The summed E-state index contributed by atoms with van der Waals surface area (Å²) in [5.74, 6) is 2.16. The molecule has 1 spiro atoms. The molecule has 14 nitrogen and oxygen atoms in total. The molecular weight excluding hydrogens is 692 g/mol. The lowest BCUT2D eigenvalue weighted by Gasteiger charge is -2.62. The number of hydrogen-bond acceptors (Lipinski definition) is 14. The second-order valence-electron chi connectivity index (χ2n) is 18.8. The van der Waals surface area contributed by atoms with Gasteiger partial charge in [0.15, 0.2) is 18.4 Å². The van der Waals surface area contributed by atoms with Crippen molar-refractivity contribution in [2.45, 2.75) is 171 Å². The van der Waals surface area contributed by atoms with Crippen LogP contribution >= 0.6 is 0 Å². The number of ether oxygens (including phenoxy) is 6. The summed E-state index contributed by atoms with van der Waals surface area (Å²) < 4.78 is 37.3. The largest absolute Gasteiger partial charge is 0.394 e. The van der Waals surface area contributed by atoms with Crippen LogP contribution in [0, 0.1) is 52.3 Å². The molecule has 8 aliphatic rings. The van der Waals surface area contributed by atoms with Gasteiger partial charge in [-0.3, -0.25) is 0 Å². The Labute approximate surface area is 312 Å². The van der Waals surface area contributed by atoms with E-state index >= 15 is 0 Å². The molecule has 14 heteroatoms. The van der Waals surface area contributed by atoms with Gasteiger partial charge in [0.25, 0.3) is 0 Å². The molecule has 4 aliphatic heterocycles. The molecule has 0 amide bonds. The van der Waals surface area contributed by atoms with Crippen molar-refractivity contribution in [1.29, 1.82) is 0 Å². The Morgan fingerprint density at radius 2 is 1.34 bits per heavy atom. The van der Waals surface area contributed by atoms with Crippen LogP contribution in [-0.4, -0.2) is 146 Å². The van der Waals surface area contributed by atoms with E-state index in [4.69, 9.17) is 28.4 Å². The average Bonchev–Trinajstić information content (AvgIpc) is 3.58. The van der Waals surface area contributed by atoms with E-state index < -0.39 is 92.6 Å². The van der Waals surface area contributed by atoms with Crippen LogP contribution in [0.1, 0.15) is 85.5 Å². The van der Waals surface area contributed by atoms with E-state index in [1.807, 2.05) is 0 Å². The molecule has 8 rings (SSSR count). The highest BCUT2D eigenvalue weighted by molar-refractivity contribution is 5.16. The summed E-state index contributed by atoms with van der Waals surface area (Å²) in [4.78, 5) is 0. The fraction of sp³-hybridized carbons (Fsp3) is 1.00. The van der Waals surface area contributed by atoms with Crippen LogP contribution in [0.4, 0.5) is 0 Å². The summed E-state index contributed by atoms with van der Waals surface area (Å²) in [6, 6.07) is 0. The Hall–Kier alpha value is -0.560. The van der Waals surface area contributed by atoms with Crippen molar-refractivity contribution >= 4 is 0 Å². The Kier molecular flexibility index (Phi) is 10.6. The van der Waals surface area contributed by atoms with E-state index in [9.17, 15) is 40.9 Å². The van der Waals surface area contributed by atoms with Gasteiger partial charge < -0.3 is 69.3 Å². The zero-order valence-electron chi connectivity index (χ0n) is 31.6. The van der Waals surface area contributed by atoms with E-state index in [1.165, 1.54) is 0 Å². The van der Waals surface area contributed by atoms with Gasteiger partial charge in [0.1, 0.15) is 48.8 Å². The second kappa shape index (κ2) is 14.4. The van der Waals surface area contributed by atoms with Crippen LogP contribution < -0.4 is 0 Å². The van der Waals surface area contributed by atoms with E-state index in [-0.39, 0.29) is 22.9 Å². The van der Waals surface area contributed by atoms with Crippen molar-refractivity contribution in [1.82, 2.24) is 0 Å². The predicted molar refractivity (Wildman–Crippen MR) is 184 cm³/mol. The summed E-state index contributed by atoms with van der Waals surface area (Å²) in [6.07, 6.45) is -7.68. The third-order valence-electron chi connectivity index (χ3n) is 16.2. The molecule has 4 aliphatic carbocycles. The van der Waals surface area contributed by atoms with Gasteiger partial charge in [-0.25, -0.2) is 0 Å². The van der Waals surface area contributed by atoms with Crippen LogP contribution in [0.2, 0.25) is 0 Å². The van der Waals surface area contributed by atoms with Gasteiger partial charge in [-0.05, 0) is 97.7 Å². The minimum Gasteiger partial charge on any atom is -0.394 e. The maximum atomic E-state index is 12.0. The van der Waals surface area contributed by atoms with Crippen molar-refractivity contribution in [2.24, 2.45) is 52.3 Å². The van der Waals surface area contributed by atoms with Gasteiger partial charge in [-0.2, -0.15) is 0 Å². The van der Waals surface area contributed by atoms with Gasteiger partial charge in [0.2, 0.25) is 0 Å². The summed E-state index contributed by atoms with van der Waals surface area (Å²) in [5.41, 5.74) is 0.0217. The van der Waals surface area contributed by atoms with E-state index in [2.05, 4.69) is 27.7 Å². The van der Waals surface area contributed by atoms with Crippen LogP contribution in [0.15, 0.2) is 0 Å². The SMILES string of the molecule is CC1CC[C@@]2(OC1)O[C@H]1C[C@H]3[C@@H]4C[C@H](O)C5C[C@@H](O[C@@H]6O[C@H](CO)[C@@H](O)[C@H](O)[C@H]6O[C@H]6O[C@H](CO)[C@@H](O)[C@H](O)[C@@H]6O)CC[C@]5(C)[C@H]4CC[C@]3(C)[C@H]1[C@@H]2C.